The van der Waals surface area contributed by atoms with E-state index in [0.717, 1.165) is 19.4 Å². The van der Waals surface area contributed by atoms with E-state index in [9.17, 15) is 4.79 Å². The van der Waals surface area contributed by atoms with E-state index in [2.05, 4.69) is 0 Å². The second-order valence-electron chi connectivity index (χ2n) is 6.78. The Morgan fingerprint density at radius 1 is 1.10 bits per heavy atom. The number of methoxy groups -OCH3 is 1. The standard InChI is InChI=1S/C16H30O5/c1-16(2,3)21-15(17)11-19-9-13-6-5-7-14(8-13)10-20-12-18-4/h13-14H,5-12H2,1-4H3/t13-,14+/m0/s1. The fourth-order valence-electron chi connectivity index (χ4n) is 2.68. The Hall–Kier alpha value is -0.650. The zero-order valence-corrected chi connectivity index (χ0v) is 13.9. The van der Waals surface area contributed by atoms with Gasteiger partial charge in [-0.05, 0) is 51.9 Å². The highest BCUT2D eigenvalue weighted by Crippen LogP contribution is 2.29. The Kier molecular flexibility index (Phi) is 8.22. The topological polar surface area (TPSA) is 54.0 Å². The van der Waals surface area contributed by atoms with Crippen molar-refractivity contribution < 1.29 is 23.7 Å². The lowest BCUT2D eigenvalue weighted by atomic mass is 9.82. The van der Waals surface area contributed by atoms with Crippen molar-refractivity contribution in [2.24, 2.45) is 11.8 Å². The molecule has 5 nitrogen and oxygen atoms in total. The maximum absolute atomic E-state index is 11.6. The molecule has 1 aliphatic carbocycles. The van der Waals surface area contributed by atoms with Crippen molar-refractivity contribution in [3.63, 3.8) is 0 Å². The third kappa shape index (κ3) is 9.06. The third-order valence-electron chi connectivity index (χ3n) is 3.44. The Bertz CT molecular complexity index is 298. The van der Waals surface area contributed by atoms with E-state index in [1.807, 2.05) is 20.8 Å². The molecule has 0 aromatic carbocycles. The van der Waals surface area contributed by atoms with Crippen LogP contribution in [0.3, 0.4) is 0 Å². The number of carbonyl (C=O) groups is 1. The van der Waals surface area contributed by atoms with Crippen molar-refractivity contribution in [1.82, 2.24) is 0 Å². The second kappa shape index (κ2) is 9.38. The van der Waals surface area contributed by atoms with Crippen molar-refractivity contribution in [3.8, 4) is 0 Å². The number of rotatable bonds is 8. The van der Waals surface area contributed by atoms with E-state index < -0.39 is 5.60 Å². The summed E-state index contributed by atoms with van der Waals surface area (Å²) in [5.74, 6) is 0.791. The highest BCUT2D eigenvalue weighted by molar-refractivity contribution is 5.71. The average molecular weight is 302 g/mol. The first-order chi connectivity index (χ1) is 9.90. The molecule has 0 saturated heterocycles. The van der Waals surface area contributed by atoms with Crippen LogP contribution in [0.1, 0.15) is 46.5 Å². The first-order valence-electron chi connectivity index (χ1n) is 7.77. The summed E-state index contributed by atoms with van der Waals surface area (Å²) in [5.41, 5.74) is -0.449. The SMILES string of the molecule is COCOC[C@@H]1CCC[C@H](COCC(=O)OC(C)(C)C)C1. The number of hydrogen-bond donors (Lipinski definition) is 0. The van der Waals surface area contributed by atoms with E-state index in [1.54, 1.807) is 7.11 Å². The van der Waals surface area contributed by atoms with Crippen LogP contribution in [0, 0.1) is 11.8 Å². The molecule has 2 atom stereocenters. The smallest absolute Gasteiger partial charge is 0.332 e. The minimum Gasteiger partial charge on any atom is -0.458 e. The van der Waals surface area contributed by atoms with Gasteiger partial charge < -0.3 is 18.9 Å². The molecule has 1 aliphatic rings. The fourth-order valence-corrected chi connectivity index (χ4v) is 2.68. The maximum Gasteiger partial charge on any atom is 0.332 e. The third-order valence-corrected chi connectivity index (χ3v) is 3.44. The summed E-state index contributed by atoms with van der Waals surface area (Å²) < 4.78 is 21.1. The quantitative estimate of drug-likeness (QED) is 0.392. The molecule has 0 radical (unpaired) electrons. The fraction of sp³-hybridized carbons (Fsp3) is 0.938. The molecule has 124 valence electrons. The highest BCUT2D eigenvalue weighted by atomic mass is 16.7. The predicted molar refractivity (Wildman–Crippen MR) is 79.9 cm³/mol. The molecule has 1 rings (SSSR count). The minimum atomic E-state index is -0.449. The molecule has 21 heavy (non-hydrogen) atoms. The van der Waals surface area contributed by atoms with E-state index in [1.165, 1.54) is 12.8 Å². The first-order valence-corrected chi connectivity index (χ1v) is 7.77. The lowest BCUT2D eigenvalue weighted by Crippen LogP contribution is -2.28. The van der Waals surface area contributed by atoms with Crippen molar-refractivity contribution in [2.45, 2.75) is 52.1 Å². The van der Waals surface area contributed by atoms with Gasteiger partial charge in [-0.1, -0.05) is 6.42 Å². The Labute approximate surface area is 128 Å². The van der Waals surface area contributed by atoms with Crippen molar-refractivity contribution in [2.75, 3.05) is 33.7 Å². The first kappa shape index (κ1) is 18.4. The van der Waals surface area contributed by atoms with Crippen LogP contribution in [-0.4, -0.2) is 45.3 Å². The van der Waals surface area contributed by atoms with E-state index >= 15 is 0 Å². The maximum atomic E-state index is 11.6. The van der Waals surface area contributed by atoms with Gasteiger partial charge in [0.1, 0.15) is 19.0 Å². The summed E-state index contributed by atoms with van der Waals surface area (Å²) in [6.45, 7) is 7.34. The van der Waals surface area contributed by atoms with E-state index in [0.29, 0.717) is 25.2 Å². The largest absolute Gasteiger partial charge is 0.458 e. The highest BCUT2D eigenvalue weighted by Gasteiger charge is 2.23. The monoisotopic (exact) mass is 302 g/mol. The summed E-state index contributed by atoms with van der Waals surface area (Å²) in [6.07, 6.45) is 4.65. The molecule has 0 bridgehead atoms. The van der Waals surface area contributed by atoms with Crippen LogP contribution >= 0.6 is 0 Å². The molecule has 1 fully saturated rings. The molecular formula is C16H30O5. The predicted octanol–water partition coefficient (Wildman–Crippen LogP) is 2.77. The van der Waals surface area contributed by atoms with Gasteiger partial charge in [0.05, 0.1) is 13.2 Å². The molecule has 0 aliphatic heterocycles. The second-order valence-corrected chi connectivity index (χ2v) is 6.78. The van der Waals surface area contributed by atoms with Crippen LogP contribution in [0.5, 0.6) is 0 Å². The minimum absolute atomic E-state index is 0.0403. The molecule has 0 aromatic heterocycles. The average Bonchev–Trinajstić information content (AvgIpc) is 2.37. The van der Waals surface area contributed by atoms with Gasteiger partial charge in [0.2, 0.25) is 0 Å². The van der Waals surface area contributed by atoms with Crippen molar-refractivity contribution in [3.05, 3.63) is 0 Å². The van der Waals surface area contributed by atoms with Gasteiger partial charge in [-0.15, -0.1) is 0 Å². The van der Waals surface area contributed by atoms with Gasteiger partial charge in [-0.2, -0.15) is 0 Å². The van der Waals surface area contributed by atoms with E-state index in [4.69, 9.17) is 18.9 Å². The lowest BCUT2D eigenvalue weighted by Gasteiger charge is -2.28. The van der Waals surface area contributed by atoms with Crippen LogP contribution in [-0.2, 0) is 23.7 Å². The molecular weight excluding hydrogens is 272 g/mol. The van der Waals surface area contributed by atoms with Crippen LogP contribution in [0.4, 0.5) is 0 Å². The van der Waals surface area contributed by atoms with Gasteiger partial charge in [-0.3, -0.25) is 0 Å². The zero-order chi connectivity index (χ0) is 15.7. The number of hydrogen-bond acceptors (Lipinski definition) is 5. The van der Waals surface area contributed by atoms with E-state index in [-0.39, 0.29) is 12.6 Å². The molecule has 0 spiro atoms. The van der Waals surface area contributed by atoms with Crippen molar-refractivity contribution >= 4 is 5.97 Å². The Morgan fingerprint density at radius 3 is 2.29 bits per heavy atom. The Morgan fingerprint density at radius 2 is 1.71 bits per heavy atom. The lowest BCUT2D eigenvalue weighted by molar-refractivity contribution is -0.160. The molecule has 5 heteroatoms. The van der Waals surface area contributed by atoms with Gasteiger partial charge in [-0.25, -0.2) is 4.79 Å². The molecule has 0 heterocycles. The van der Waals surface area contributed by atoms with Crippen LogP contribution < -0.4 is 0 Å². The molecule has 0 amide bonds. The summed E-state index contributed by atoms with van der Waals surface area (Å²) in [6, 6.07) is 0. The normalized spacial score (nSPS) is 23.0. The van der Waals surface area contributed by atoms with Gasteiger partial charge in [0.25, 0.3) is 0 Å². The van der Waals surface area contributed by atoms with Gasteiger partial charge >= 0.3 is 5.97 Å². The van der Waals surface area contributed by atoms with Crippen molar-refractivity contribution in [1.29, 1.82) is 0 Å². The number of ether oxygens (including phenoxy) is 4. The van der Waals surface area contributed by atoms with Crippen LogP contribution in [0.25, 0.3) is 0 Å². The number of esters is 1. The summed E-state index contributed by atoms with van der Waals surface area (Å²) >= 11 is 0. The van der Waals surface area contributed by atoms with Crippen LogP contribution in [0.2, 0.25) is 0 Å². The zero-order valence-electron chi connectivity index (χ0n) is 13.9. The summed E-state index contributed by atoms with van der Waals surface area (Å²) in [4.78, 5) is 11.6. The number of carbonyl (C=O) groups excluding carboxylic acids is 1. The molecule has 0 aromatic rings. The summed E-state index contributed by atoms with van der Waals surface area (Å²) in [5, 5.41) is 0. The molecule has 0 unspecified atom stereocenters. The molecule has 0 N–H and O–H groups in total. The Balaban J connectivity index is 2.15. The van der Waals surface area contributed by atoms with Crippen LogP contribution in [0.15, 0.2) is 0 Å². The summed E-state index contributed by atoms with van der Waals surface area (Å²) in [7, 11) is 1.63. The molecule has 1 saturated carbocycles. The van der Waals surface area contributed by atoms with Gasteiger partial charge in [0.15, 0.2) is 0 Å². The van der Waals surface area contributed by atoms with Gasteiger partial charge in [0, 0.05) is 7.11 Å².